The van der Waals surface area contributed by atoms with Crippen molar-refractivity contribution in [3.8, 4) is 0 Å². The minimum atomic E-state index is -2.93. The Balaban J connectivity index is 0.00000441. The molecule has 0 radical (unpaired) electrons. The molecule has 132 valence electrons. The first-order chi connectivity index (χ1) is 9.76. The summed E-state index contributed by atoms with van der Waals surface area (Å²) in [5.74, 6) is 1.53. The predicted octanol–water partition coefficient (Wildman–Crippen LogP) is 2.42. The van der Waals surface area contributed by atoms with E-state index in [0.29, 0.717) is 23.8 Å². The third-order valence-electron chi connectivity index (χ3n) is 4.13. The van der Waals surface area contributed by atoms with Gasteiger partial charge < -0.3 is 10.6 Å². The van der Waals surface area contributed by atoms with Crippen molar-refractivity contribution in [3.05, 3.63) is 0 Å². The highest BCUT2D eigenvalue weighted by atomic mass is 127. The summed E-state index contributed by atoms with van der Waals surface area (Å²) in [6, 6.07) is 0. The van der Waals surface area contributed by atoms with E-state index in [-0.39, 0.29) is 29.7 Å². The summed E-state index contributed by atoms with van der Waals surface area (Å²) in [4.78, 5) is 4.18. The van der Waals surface area contributed by atoms with Gasteiger partial charge in [0.05, 0.1) is 5.75 Å². The predicted molar refractivity (Wildman–Crippen MR) is 105 cm³/mol. The van der Waals surface area contributed by atoms with Crippen molar-refractivity contribution in [1.29, 1.82) is 0 Å². The Kier molecular flexibility index (Phi) is 9.93. The molecule has 0 bridgehead atoms. The number of hydrogen-bond donors (Lipinski definition) is 2. The normalized spacial score (nSPS) is 18.1. The first-order valence-electron chi connectivity index (χ1n) is 7.89. The lowest BCUT2D eigenvalue weighted by atomic mass is 9.78. The lowest BCUT2D eigenvalue weighted by molar-refractivity contribution is 0.235. The molecule has 0 unspecified atom stereocenters. The molecule has 0 atom stereocenters. The molecule has 1 aliphatic carbocycles. The van der Waals surface area contributed by atoms with E-state index in [1.54, 1.807) is 7.05 Å². The van der Waals surface area contributed by atoms with Crippen LogP contribution in [-0.2, 0) is 9.84 Å². The van der Waals surface area contributed by atoms with Crippen LogP contribution in [-0.4, -0.2) is 46.5 Å². The van der Waals surface area contributed by atoms with Gasteiger partial charge in [-0.05, 0) is 30.6 Å². The molecule has 0 amide bonds. The second-order valence-corrected chi connectivity index (χ2v) is 9.05. The number of nitrogens with one attached hydrogen (secondary N) is 2. The van der Waals surface area contributed by atoms with Gasteiger partial charge in [0.15, 0.2) is 5.96 Å². The fourth-order valence-electron chi connectivity index (χ4n) is 3.29. The van der Waals surface area contributed by atoms with Gasteiger partial charge in [0.1, 0.15) is 9.84 Å². The topological polar surface area (TPSA) is 70.6 Å². The van der Waals surface area contributed by atoms with E-state index in [2.05, 4.69) is 29.5 Å². The minimum absolute atomic E-state index is 0. The fraction of sp³-hybridized carbons (Fsp3) is 0.933. The fourth-order valence-corrected chi connectivity index (χ4v) is 3.76. The van der Waals surface area contributed by atoms with Crippen LogP contribution < -0.4 is 10.6 Å². The average molecular weight is 445 g/mol. The third-order valence-corrected chi connectivity index (χ3v) is 5.07. The molecule has 1 saturated carbocycles. The molecule has 0 aromatic carbocycles. The van der Waals surface area contributed by atoms with E-state index in [4.69, 9.17) is 0 Å². The Bertz CT molecular complexity index is 444. The third kappa shape index (κ3) is 8.55. The molecule has 0 heterocycles. The number of hydrogen-bond acceptors (Lipinski definition) is 3. The Labute approximate surface area is 153 Å². The average Bonchev–Trinajstić information content (AvgIpc) is 2.80. The minimum Gasteiger partial charge on any atom is -0.356 e. The molecular weight excluding hydrogens is 413 g/mol. The lowest BCUT2D eigenvalue weighted by Crippen LogP contribution is -2.44. The molecule has 0 aliphatic heterocycles. The smallest absolute Gasteiger partial charge is 0.191 e. The summed E-state index contributed by atoms with van der Waals surface area (Å²) in [7, 11) is -1.21. The zero-order valence-electron chi connectivity index (χ0n) is 14.3. The highest BCUT2D eigenvalue weighted by Crippen LogP contribution is 2.42. The molecule has 2 N–H and O–H groups in total. The zero-order valence-corrected chi connectivity index (χ0v) is 17.5. The van der Waals surface area contributed by atoms with Crippen LogP contribution in [0.4, 0.5) is 0 Å². The second kappa shape index (κ2) is 9.95. The van der Waals surface area contributed by atoms with Crippen LogP contribution in [0.15, 0.2) is 4.99 Å². The Hall–Kier alpha value is -0.0500. The van der Waals surface area contributed by atoms with Gasteiger partial charge >= 0.3 is 0 Å². The van der Waals surface area contributed by atoms with Crippen molar-refractivity contribution in [2.45, 2.75) is 46.0 Å². The summed E-state index contributed by atoms with van der Waals surface area (Å²) in [5, 5.41) is 6.47. The maximum Gasteiger partial charge on any atom is 0.191 e. The Morgan fingerprint density at radius 1 is 1.23 bits per heavy atom. The van der Waals surface area contributed by atoms with Gasteiger partial charge in [-0.15, -0.1) is 24.0 Å². The highest BCUT2D eigenvalue weighted by molar-refractivity contribution is 14.0. The Morgan fingerprint density at radius 3 is 2.27 bits per heavy atom. The summed E-state index contributed by atoms with van der Waals surface area (Å²) in [5.41, 5.74) is 0.378. The molecule has 0 aromatic heterocycles. The van der Waals surface area contributed by atoms with E-state index in [0.717, 1.165) is 6.54 Å². The monoisotopic (exact) mass is 445 g/mol. The molecule has 22 heavy (non-hydrogen) atoms. The van der Waals surface area contributed by atoms with E-state index >= 15 is 0 Å². The van der Waals surface area contributed by atoms with E-state index < -0.39 is 9.84 Å². The van der Waals surface area contributed by atoms with Crippen LogP contribution in [0.2, 0.25) is 0 Å². The molecule has 7 heteroatoms. The number of halogens is 1. The summed E-state index contributed by atoms with van der Waals surface area (Å²) >= 11 is 0. The van der Waals surface area contributed by atoms with Gasteiger partial charge in [-0.1, -0.05) is 26.7 Å². The van der Waals surface area contributed by atoms with E-state index in [9.17, 15) is 8.42 Å². The van der Waals surface area contributed by atoms with Crippen molar-refractivity contribution in [1.82, 2.24) is 10.6 Å². The molecular formula is C15H32IN3O2S. The summed E-state index contributed by atoms with van der Waals surface area (Å²) in [6.45, 7) is 5.87. The number of sulfone groups is 1. The zero-order chi connectivity index (χ0) is 15.9. The second-order valence-electron chi connectivity index (χ2n) is 6.79. The van der Waals surface area contributed by atoms with Gasteiger partial charge in [0.25, 0.3) is 0 Å². The number of nitrogens with zero attached hydrogens (tertiary/aromatic N) is 1. The Morgan fingerprint density at radius 2 is 1.82 bits per heavy atom. The molecule has 1 rings (SSSR count). The van der Waals surface area contributed by atoms with Gasteiger partial charge in [-0.25, -0.2) is 8.42 Å². The number of rotatable bonds is 7. The standard InChI is InChI=1S/C15H31N3O2S.HI/c1-13(2)11-15(7-5-6-8-15)12-18-14(16-3)17-9-10-21(4,19)20;/h13H,5-12H2,1-4H3,(H2,16,17,18);1H. The van der Waals surface area contributed by atoms with Gasteiger partial charge in [-0.3, -0.25) is 4.99 Å². The first kappa shape index (κ1) is 21.9. The van der Waals surface area contributed by atoms with Crippen LogP contribution in [0, 0.1) is 11.3 Å². The quantitative estimate of drug-likeness (QED) is 0.359. The van der Waals surface area contributed by atoms with Crippen LogP contribution in [0.3, 0.4) is 0 Å². The van der Waals surface area contributed by atoms with Crippen LogP contribution in [0.5, 0.6) is 0 Å². The first-order valence-corrected chi connectivity index (χ1v) is 9.95. The molecule has 5 nitrogen and oxygen atoms in total. The maximum atomic E-state index is 11.1. The van der Waals surface area contributed by atoms with E-state index in [1.165, 1.54) is 38.4 Å². The lowest BCUT2D eigenvalue weighted by Gasteiger charge is -2.31. The summed E-state index contributed by atoms with van der Waals surface area (Å²) < 4.78 is 22.3. The van der Waals surface area contributed by atoms with E-state index in [1.807, 2.05) is 0 Å². The molecule has 1 aliphatic rings. The van der Waals surface area contributed by atoms with Gasteiger partial charge in [0, 0.05) is 26.4 Å². The number of guanidine groups is 1. The van der Waals surface area contributed by atoms with Gasteiger partial charge in [0.2, 0.25) is 0 Å². The summed E-state index contributed by atoms with van der Waals surface area (Å²) in [6.07, 6.45) is 7.67. The largest absolute Gasteiger partial charge is 0.356 e. The van der Waals surface area contributed by atoms with Crippen LogP contribution >= 0.6 is 24.0 Å². The molecule has 1 fully saturated rings. The van der Waals surface area contributed by atoms with Crippen molar-refractivity contribution in [3.63, 3.8) is 0 Å². The van der Waals surface area contributed by atoms with Crippen molar-refractivity contribution in [2.75, 3.05) is 32.1 Å². The molecule has 0 saturated heterocycles. The molecule has 0 spiro atoms. The maximum absolute atomic E-state index is 11.1. The van der Waals surface area contributed by atoms with Crippen LogP contribution in [0.25, 0.3) is 0 Å². The highest BCUT2D eigenvalue weighted by Gasteiger charge is 2.34. The van der Waals surface area contributed by atoms with Crippen molar-refractivity contribution < 1.29 is 8.42 Å². The van der Waals surface area contributed by atoms with Crippen LogP contribution in [0.1, 0.15) is 46.0 Å². The molecule has 0 aromatic rings. The number of aliphatic imine (C=N–C) groups is 1. The van der Waals surface area contributed by atoms with Crippen molar-refractivity contribution in [2.24, 2.45) is 16.3 Å². The SMILES string of the molecule is CN=C(NCCS(C)(=O)=O)NCC1(CC(C)C)CCCC1.I. The van der Waals surface area contributed by atoms with Crippen molar-refractivity contribution >= 4 is 39.8 Å². The van der Waals surface area contributed by atoms with Gasteiger partial charge in [-0.2, -0.15) is 0 Å².